The van der Waals surface area contributed by atoms with Crippen molar-refractivity contribution in [1.29, 1.82) is 5.26 Å². The number of nitriles is 1. The van der Waals surface area contributed by atoms with Gasteiger partial charge in [-0.1, -0.05) is 40.2 Å². The first kappa shape index (κ1) is 12.8. The maximum absolute atomic E-state index is 9.36. The number of nitrogens with zero attached hydrogens (tertiary/aromatic N) is 1. The molecule has 0 unspecified atom stereocenters. The molecule has 0 aliphatic carbocycles. The summed E-state index contributed by atoms with van der Waals surface area (Å²) in [5.74, 6) is 1.45. The molecule has 0 fully saturated rings. The number of rotatable bonds is 2. The Labute approximate surface area is 125 Å². The van der Waals surface area contributed by atoms with Gasteiger partial charge in [0.05, 0.1) is 11.6 Å². The third-order valence-electron chi connectivity index (χ3n) is 2.99. The summed E-state index contributed by atoms with van der Waals surface area (Å²) < 4.78 is 11.5. The van der Waals surface area contributed by atoms with E-state index in [1.807, 2.05) is 48.5 Å². The van der Waals surface area contributed by atoms with Crippen molar-refractivity contribution in [2.75, 3.05) is 6.79 Å². The molecule has 0 amide bonds. The SMILES string of the molecule is N#C/C(=C/c1ccc2c(c1)OCO2)c1ccccc1Br. The van der Waals surface area contributed by atoms with E-state index in [9.17, 15) is 5.26 Å². The van der Waals surface area contributed by atoms with Gasteiger partial charge in [-0.3, -0.25) is 0 Å². The minimum atomic E-state index is 0.248. The predicted octanol–water partition coefficient (Wildman–Crippen LogP) is 4.24. The summed E-state index contributed by atoms with van der Waals surface area (Å²) in [6, 6.07) is 15.5. The van der Waals surface area contributed by atoms with Crippen LogP contribution >= 0.6 is 15.9 Å². The highest BCUT2D eigenvalue weighted by Crippen LogP contribution is 2.34. The maximum atomic E-state index is 9.36. The number of halogens is 1. The van der Waals surface area contributed by atoms with Crippen LogP contribution in [0.15, 0.2) is 46.9 Å². The summed E-state index contributed by atoms with van der Waals surface area (Å²) >= 11 is 3.46. The van der Waals surface area contributed by atoms with Crippen LogP contribution in [0.2, 0.25) is 0 Å². The van der Waals surface area contributed by atoms with Gasteiger partial charge in [0.25, 0.3) is 0 Å². The lowest BCUT2D eigenvalue weighted by atomic mass is 10.0. The summed E-state index contributed by atoms with van der Waals surface area (Å²) in [5.41, 5.74) is 2.37. The number of ether oxygens (including phenoxy) is 2. The van der Waals surface area contributed by atoms with E-state index in [1.54, 1.807) is 0 Å². The quantitative estimate of drug-likeness (QED) is 0.612. The summed E-state index contributed by atoms with van der Waals surface area (Å²) in [4.78, 5) is 0. The van der Waals surface area contributed by atoms with Gasteiger partial charge in [0.1, 0.15) is 0 Å². The molecule has 0 aromatic heterocycles. The first-order valence-electron chi connectivity index (χ1n) is 6.04. The lowest BCUT2D eigenvalue weighted by Gasteiger charge is -2.03. The molecule has 20 heavy (non-hydrogen) atoms. The number of fused-ring (bicyclic) bond motifs is 1. The van der Waals surface area contributed by atoms with Crippen LogP contribution in [0.4, 0.5) is 0 Å². The average molecular weight is 328 g/mol. The molecule has 0 spiro atoms. The molecule has 3 nitrogen and oxygen atoms in total. The highest BCUT2D eigenvalue weighted by molar-refractivity contribution is 9.10. The summed E-state index contributed by atoms with van der Waals surface area (Å²) in [7, 11) is 0. The average Bonchev–Trinajstić information content (AvgIpc) is 2.93. The minimum absolute atomic E-state index is 0.248. The fourth-order valence-corrected chi connectivity index (χ4v) is 2.52. The summed E-state index contributed by atoms with van der Waals surface area (Å²) in [6.07, 6.45) is 1.84. The molecule has 0 N–H and O–H groups in total. The zero-order valence-corrected chi connectivity index (χ0v) is 12.1. The van der Waals surface area contributed by atoms with Gasteiger partial charge >= 0.3 is 0 Å². The third-order valence-corrected chi connectivity index (χ3v) is 3.68. The molecule has 1 aliphatic rings. The lowest BCUT2D eigenvalue weighted by molar-refractivity contribution is 0.174. The number of hydrogen-bond donors (Lipinski definition) is 0. The Bertz CT molecular complexity index is 731. The number of hydrogen-bond acceptors (Lipinski definition) is 3. The van der Waals surface area contributed by atoms with Crippen LogP contribution in [-0.4, -0.2) is 6.79 Å². The van der Waals surface area contributed by atoms with E-state index >= 15 is 0 Å². The molecule has 1 aliphatic heterocycles. The van der Waals surface area contributed by atoms with Gasteiger partial charge in [0.15, 0.2) is 11.5 Å². The van der Waals surface area contributed by atoms with Crippen molar-refractivity contribution in [2.24, 2.45) is 0 Å². The highest BCUT2D eigenvalue weighted by Gasteiger charge is 2.13. The number of allylic oxidation sites excluding steroid dienone is 1. The van der Waals surface area contributed by atoms with Crippen molar-refractivity contribution in [1.82, 2.24) is 0 Å². The van der Waals surface area contributed by atoms with Gasteiger partial charge in [-0.25, -0.2) is 0 Å². The first-order valence-corrected chi connectivity index (χ1v) is 6.83. The summed E-state index contributed by atoms with van der Waals surface area (Å²) in [6.45, 7) is 0.248. The molecule has 3 rings (SSSR count). The van der Waals surface area contributed by atoms with E-state index in [0.29, 0.717) is 11.3 Å². The van der Waals surface area contributed by atoms with Crippen molar-refractivity contribution >= 4 is 27.6 Å². The summed E-state index contributed by atoms with van der Waals surface area (Å²) in [5, 5.41) is 9.36. The maximum Gasteiger partial charge on any atom is 0.231 e. The molecular formula is C16H10BrNO2. The Morgan fingerprint density at radius 2 is 1.95 bits per heavy atom. The highest BCUT2D eigenvalue weighted by atomic mass is 79.9. The van der Waals surface area contributed by atoms with Crippen LogP contribution in [0.25, 0.3) is 11.6 Å². The minimum Gasteiger partial charge on any atom is -0.454 e. The normalized spacial score (nSPS) is 13.1. The lowest BCUT2D eigenvalue weighted by Crippen LogP contribution is -1.92. The molecule has 0 saturated heterocycles. The Morgan fingerprint density at radius 3 is 2.75 bits per heavy atom. The standard InChI is InChI=1S/C16H10BrNO2/c17-14-4-2-1-3-13(14)12(9-18)7-11-5-6-15-16(8-11)20-10-19-15/h1-8H,10H2/b12-7-. The van der Waals surface area contributed by atoms with Gasteiger partial charge in [-0.2, -0.15) is 5.26 Å². The first-order chi connectivity index (χ1) is 9.78. The molecule has 98 valence electrons. The van der Waals surface area contributed by atoms with Crippen molar-refractivity contribution in [3.8, 4) is 17.6 Å². The fourth-order valence-electron chi connectivity index (χ4n) is 2.02. The monoisotopic (exact) mass is 327 g/mol. The third kappa shape index (κ3) is 2.40. The van der Waals surface area contributed by atoms with Gasteiger partial charge in [0.2, 0.25) is 6.79 Å². The molecule has 4 heteroatoms. The second-order valence-electron chi connectivity index (χ2n) is 4.26. The van der Waals surface area contributed by atoms with Gasteiger partial charge < -0.3 is 9.47 Å². The molecule has 0 atom stereocenters. The Hall–Kier alpha value is -2.25. The van der Waals surface area contributed by atoms with Gasteiger partial charge in [0, 0.05) is 10.0 Å². The number of benzene rings is 2. The van der Waals surface area contributed by atoms with E-state index in [0.717, 1.165) is 21.3 Å². The van der Waals surface area contributed by atoms with Crippen molar-refractivity contribution < 1.29 is 9.47 Å². The van der Waals surface area contributed by atoms with Crippen molar-refractivity contribution in [3.63, 3.8) is 0 Å². The van der Waals surface area contributed by atoms with E-state index in [2.05, 4.69) is 22.0 Å². The van der Waals surface area contributed by atoms with E-state index < -0.39 is 0 Å². The second kappa shape index (κ2) is 5.40. The van der Waals surface area contributed by atoms with Crippen molar-refractivity contribution in [2.45, 2.75) is 0 Å². The Morgan fingerprint density at radius 1 is 1.15 bits per heavy atom. The van der Waals surface area contributed by atoms with Gasteiger partial charge in [-0.05, 0) is 29.8 Å². The topological polar surface area (TPSA) is 42.2 Å². The van der Waals surface area contributed by atoms with Crippen LogP contribution in [0.5, 0.6) is 11.5 Å². The predicted molar refractivity (Wildman–Crippen MR) is 80.2 cm³/mol. The molecule has 2 aromatic carbocycles. The van der Waals surface area contributed by atoms with E-state index in [1.165, 1.54) is 0 Å². The molecular weight excluding hydrogens is 318 g/mol. The van der Waals surface area contributed by atoms with Crippen LogP contribution < -0.4 is 9.47 Å². The van der Waals surface area contributed by atoms with Crippen LogP contribution in [0, 0.1) is 11.3 Å². The molecule has 0 saturated carbocycles. The van der Waals surface area contributed by atoms with Crippen LogP contribution in [0.1, 0.15) is 11.1 Å². The van der Waals surface area contributed by atoms with Gasteiger partial charge in [-0.15, -0.1) is 0 Å². The van der Waals surface area contributed by atoms with E-state index in [4.69, 9.17) is 9.47 Å². The molecule has 1 heterocycles. The smallest absolute Gasteiger partial charge is 0.231 e. The van der Waals surface area contributed by atoms with Crippen LogP contribution in [0.3, 0.4) is 0 Å². The van der Waals surface area contributed by atoms with Crippen molar-refractivity contribution in [3.05, 3.63) is 58.1 Å². The largest absolute Gasteiger partial charge is 0.454 e. The zero-order chi connectivity index (χ0) is 13.9. The zero-order valence-electron chi connectivity index (χ0n) is 10.5. The molecule has 0 radical (unpaired) electrons. The molecule has 0 bridgehead atoms. The molecule has 2 aromatic rings. The Kier molecular flexibility index (Phi) is 3.44. The second-order valence-corrected chi connectivity index (χ2v) is 5.12. The van der Waals surface area contributed by atoms with Crippen LogP contribution in [-0.2, 0) is 0 Å². The van der Waals surface area contributed by atoms with E-state index in [-0.39, 0.29) is 6.79 Å². The fraction of sp³-hybridized carbons (Fsp3) is 0.0625. The Balaban J connectivity index is 2.02.